The van der Waals surface area contributed by atoms with Gasteiger partial charge >= 0.3 is 5.69 Å². The Hall–Kier alpha value is -3.88. The average molecular weight is 395 g/mol. The Balaban J connectivity index is 1.46. The molecule has 4 rings (SSSR count). The van der Waals surface area contributed by atoms with E-state index in [2.05, 4.69) is 5.10 Å². The Bertz CT molecular complexity index is 1140. The number of nitrogens with zero attached hydrogens (tertiary/aromatic N) is 3. The van der Waals surface area contributed by atoms with Crippen LogP contribution in [0.2, 0.25) is 0 Å². The van der Waals surface area contributed by atoms with E-state index in [0.29, 0.717) is 40.0 Å². The molecule has 0 atom stereocenters. The number of benzene rings is 1. The molecule has 9 nitrogen and oxygen atoms in total. The highest BCUT2D eigenvalue weighted by atomic mass is 16.7. The van der Waals surface area contributed by atoms with Gasteiger partial charge in [0.1, 0.15) is 22.9 Å². The maximum absolute atomic E-state index is 12.4. The number of fused-ring (bicyclic) bond motifs is 1. The standard InChI is InChI=1S/C20H17N3O6/c1-12-20(23(25)26)13(2)22(21-12)10-16-5-4-15(29-16)6-7-17(24)14-3-8-18-19(9-14)28-11-27-18/h3-9H,10-11H2,1-2H3/b7-6+. The molecule has 1 aliphatic rings. The number of aryl methyl sites for hydroxylation is 1. The predicted octanol–water partition coefficient (Wildman–Crippen LogP) is 3.67. The number of carbonyl (C=O) groups is 1. The van der Waals surface area contributed by atoms with Crippen molar-refractivity contribution in [1.82, 2.24) is 9.78 Å². The lowest BCUT2D eigenvalue weighted by molar-refractivity contribution is -0.386. The van der Waals surface area contributed by atoms with Crippen LogP contribution in [0.4, 0.5) is 5.69 Å². The van der Waals surface area contributed by atoms with Crippen LogP contribution in [0.15, 0.2) is 40.8 Å². The number of carbonyl (C=O) groups excluding carboxylic acids is 1. The van der Waals surface area contributed by atoms with Gasteiger partial charge in [-0.3, -0.25) is 19.6 Å². The van der Waals surface area contributed by atoms with E-state index >= 15 is 0 Å². The van der Waals surface area contributed by atoms with Crippen LogP contribution in [-0.2, 0) is 6.54 Å². The number of aromatic nitrogens is 2. The summed E-state index contributed by atoms with van der Waals surface area (Å²) in [5.41, 5.74) is 1.30. The van der Waals surface area contributed by atoms with Crippen molar-refractivity contribution in [2.24, 2.45) is 0 Å². The Labute approximate surface area is 165 Å². The number of hydrogen-bond acceptors (Lipinski definition) is 7. The minimum absolute atomic E-state index is 0.00555. The zero-order valence-corrected chi connectivity index (χ0v) is 15.7. The summed E-state index contributed by atoms with van der Waals surface area (Å²) in [6.45, 7) is 3.65. The van der Waals surface area contributed by atoms with Crippen molar-refractivity contribution in [1.29, 1.82) is 0 Å². The van der Waals surface area contributed by atoms with Crippen molar-refractivity contribution in [2.75, 3.05) is 6.79 Å². The number of rotatable bonds is 6. The van der Waals surface area contributed by atoms with Crippen molar-refractivity contribution in [3.05, 3.63) is 75.0 Å². The SMILES string of the molecule is Cc1nn(Cc2ccc(/C=C/C(=O)c3ccc4c(c3)OCO4)o2)c(C)c1[N+](=O)[O-]. The highest BCUT2D eigenvalue weighted by molar-refractivity contribution is 6.07. The normalized spacial score (nSPS) is 12.6. The third-order valence-electron chi connectivity index (χ3n) is 4.57. The van der Waals surface area contributed by atoms with Gasteiger partial charge in [0, 0.05) is 5.56 Å². The van der Waals surface area contributed by atoms with Gasteiger partial charge < -0.3 is 13.9 Å². The molecule has 1 aromatic carbocycles. The number of nitro groups is 1. The first-order chi connectivity index (χ1) is 13.9. The summed E-state index contributed by atoms with van der Waals surface area (Å²) in [6, 6.07) is 8.47. The Kier molecular flexibility index (Phi) is 4.63. The number of hydrogen-bond donors (Lipinski definition) is 0. The molecule has 0 N–H and O–H groups in total. The molecule has 3 aromatic rings. The van der Waals surface area contributed by atoms with E-state index < -0.39 is 4.92 Å². The van der Waals surface area contributed by atoms with Crippen molar-refractivity contribution >= 4 is 17.5 Å². The number of ether oxygens (including phenoxy) is 2. The zero-order valence-electron chi connectivity index (χ0n) is 15.7. The molecule has 2 aromatic heterocycles. The van der Waals surface area contributed by atoms with Gasteiger partial charge in [0.15, 0.2) is 17.3 Å². The second-order valence-corrected chi connectivity index (χ2v) is 6.50. The molecule has 29 heavy (non-hydrogen) atoms. The van der Waals surface area contributed by atoms with Crippen molar-refractivity contribution in [3.8, 4) is 11.5 Å². The van der Waals surface area contributed by atoms with Gasteiger partial charge in [0.05, 0.1) is 11.5 Å². The quantitative estimate of drug-likeness (QED) is 0.271. The molecule has 0 saturated carbocycles. The first-order valence-electron chi connectivity index (χ1n) is 8.81. The van der Waals surface area contributed by atoms with Crippen LogP contribution in [-0.4, -0.2) is 27.3 Å². The summed E-state index contributed by atoms with van der Waals surface area (Å²) in [6.07, 6.45) is 2.98. The molecule has 0 spiro atoms. The number of ketones is 1. The molecule has 0 aliphatic carbocycles. The van der Waals surface area contributed by atoms with Gasteiger partial charge in [-0.25, -0.2) is 0 Å². The van der Waals surface area contributed by atoms with Crippen LogP contribution in [0.3, 0.4) is 0 Å². The van der Waals surface area contributed by atoms with Crippen molar-refractivity contribution < 1.29 is 23.6 Å². The summed E-state index contributed by atoms with van der Waals surface area (Å²) < 4.78 is 17.7. The first-order valence-corrected chi connectivity index (χ1v) is 8.81. The molecule has 0 fully saturated rings. The second kappa shape index (κ2) is 7.27. The topological polar surface area (TPSA) is 110 Å². The number of furan rings is 1. The summed E-state index contributed by atoms with van der Waals surface area (Å²) in [5.74, 6) is 2.02. The van der Waals surface area contributed by atoms with Gasteiger partial charge in [-0.15, -0.1) is 0 Å². The van der Waals surface area contributed by atoms with Gasteiger partial charge in [-0.05, 0) is 56.3 Å². The van der Waals surface area contributed by atoms with E-state index in [-0.39, 0.29) is 24.8 Å². The summed E-state index contributed by atoms with van der Waals surface area (Å²) in [5, 5.41) is 15.3. The molecule has 0 saturated heterocycles. The van der Waals surface area contributed by atoms with E-state index in [4.69, 9.17) is 13.9 Å². The molecule has 0 bridgehead atoms. The molecule has 1 aliphatic heterocycles. The average Bonchev–Trinajstić information content (AvgIpc) is 3.39. The summed E-state index contributed by atoms with van der Waals surface area (Å²) >= 11 is 0. The van der Waals surface area contributed by atoms with E-state index in [1.165, 1.54) is 10.8 Å². The van der Waals surface area contributed by atoms with Crippen molar-refractivity contribution in [2.45, 2.75) is 20.4 Å². The second-order valence-electron chi connectivity index (χ2n) is 6.50. The third kappa shape index (κ3) is 3.62. The highest BCUT2D eigenvalue weighted by Crippen LogP contribution is 2.32. The maximum atomic E-state index is 12.4. The Morgan fingerprint density at radius 2 is 2.03 bits per heavy atom. The number of allylic oxidation sites excluding steroid dienone is 1. The summed E-state index contributed by atoms with van der Waals surface area (Å²) in [4.78, 5) is 23.0. The fraction of sp³-hybridized carbons (Fsp3) is 0.200. The fourth-order valence-electron chi connectivity index (χ4n) is 3.13. The van der Waals surface area contributed by atoms with Gasteiger partial charge in [-0.1, -0.05) is 0 Å². The predicted molar refractivity (Wildman–Crippen MR) is 102 cm³/mol. The lowest BCUT2D eigenvalue weighted by Gasteiger charge is -2.00. The van der Waals surface area contributed by atoms with Crippen LogP contribution in [0, 0.1) is 24.0 Å². The van der Waals surface area contributed by atoms with E-state index in [9.17, 15) is 14.9 Å². The lowest BCUT2D eigenvalue weighted by Crippen LogP contribution is -2.03. The molecule has 3 heterocycles. The molecular formula is C20H17N3O6. The van der Waals surface area contributed by atoms with Crippen molar-refractivity contribution in [3.63, 3.8) is 0 Å². The molecule has 148 valence electrons. The lowest BCUT2D eigenvalue weighted by atomic mass is 10.1. The van der Waals surface area contributed by atoms with Crippen LogP contribution >= 0.6 is 0 Å². The highest BCUT2D eigenvalue weighted by Gasteiger charge is 2.22. The first kappa shape index (κ1) is 18.5. The van der Waals surface area contributed by atoms with Gasteiger partial charge in [-0.2, -0.15) is 5.10 Å². The maximum Gasteiger partial charge on any atom is 0.312 e. The molecule has 0 radical (unpaired) electrons. The largest absolute Gasteiger partial charge is 0.460 e. The van der Waals surface area contributed by atoms with E-state index in [0.717, 1.165) is 0 Å². The smallest absolute Gasteiger partial charge is 0.312 e. The van der Waals surface area contributed by atoms with E-state index in [1.54, 1.807) is 50.3 Å². The molecule has 9 heteroatoms. The molecule has 0 unspecified atom stereocenters. The monoisotopic (exact) mass is 395 g/mol. The Morgan fingerprint density at radius 1 is 1.24 bits per heavy atom. The van der Waals surface area contributed by atoms with Crippen LogP contribution in [0.25, 0.3) is 6.08 Å². The molecular weight excluding hydrogens is 378 g/mol. The van der Waals surface area contributed by atoms with Gasteiger partial charge in [0.2, 0.25) is 6.79 Å². The van der Waals surface area contributed by atoms with Gasteiger partial charge in [0.25, 0.3) is 0 Å². The molecule has 0 amide bonds. The van der Waals surface area contributed by atoms with Crippen LogP contribution in [0.1, 0.15) is 33.3 Å². The van der Waals surface area contributed by atoms with E-state index in [1.807, 2.05) is 0 Å². The summed E-state index contributed by atoms with van der Waals surface area (Å²) in [7, 11) is 0. The van der Waals surface area contributed by atoms with Crippen LogP contribution in [0.5, 0.6) is 11.5 Å². The minimum Gasteiger partial charge on any atom is -0.460 e. The van der Waals surface area contributed by atoms with Crippen LogP contribution < -0.4 is 9.47 Å². The zero-order chi connectivity index (χ0) is 20.5. The Morgan fingerprint density at radius 3 is 2.79 bits per heavy atom. The fourth-order valence-corrected chi connectivity index (χ4v) is 3.13. The minimum atomic E-state index is -0.438. The third-order valence-corrected chi connectivity index (χ3v) is 4.57.